The SMILES string of the molecule is COc1nc(N)nc2c1ncn2[C@H]1C=C[C@@H](COP(=O)(N[C@@H](C)C(=O)OC(C)C)Oc2ccc(N(C)C)cc2)C1. The molecule has 0 fully saturated rings. The predicted molar refractivity (Wildman–Crippen MR) is 151 cm³/mol. The van der Waals surface area contributed by atoms with E-state index in [-0.39, 0.29) is 30.6 Å². The van der Waals surface area contributed by atoms with Gasteiger partial charge in [0.2, 0.25) is 11.8 Å². The highest BCUT2D eigenvalue weighted by molar-refractivity contribution is 7.52. The van der Waals surface area contributed by atoms with E-state index in [0.717, 1.165) is 5.69 Å². The maximum atomic E-state index is 13.9. The number of allylic oxidation sites excluding steroid dienone is 1. The molecule has 0 saturated heterocycles. The minimum Gasteiger partial charge on any atom is -0.479 e. The zero-order valence-corrected chi connectivity index (χ0v) is 24.4. The number of nitrogens with zero attached hydrogens (tertiary/aromatic N) is 5. The molecular formula is C26H36N7O6P. The lowest BCUT2D eigenvalue weighted by molar-refractivity contribution is -0.149. The molecule has 13 nitrogen and oxygen atoms in total. The number of rotatable bonds is 12. The number of imidazole rings is 1. The van der Waals surface area contributed by atoms with Crippen LogP contribution in [0.5, 0.6) is 11.6 Å². The number of carbonyl (C=O) groups is 1. The third kappa shape index (κ3) is 6.90. The van der Waals surface area contributed by atoms with Crippen molar-refractivity contribution in [1.82, 2.24) is 24.6 Å². The molecule has 216 valence electrons. The average molecular weight is 574 g/mol. The molecule has 3 aromatic rings. The number of benzene rings is 1. The van der Waals surface area contributed by atoms with Crippen molar-refractivity contribution in [2.24, 2.45) is 5.92 Å². The Morgan fingerprint density at radius 1 is 1.20 bits per heavy atom. The van der Waals surface area contributed by atoms with Gasteiger partial charge >= 0.3 is 13.7 Å². The summed E-state index contributed by atoms with van der Waals surface area (Å²) in [5, 5.41) is 2.73. The number of anilines is 2. The third-order valence-corrected chi connectivity index (χ3v) is 7.85. The van der Waals surface area contributed by atoms with E-state index < -0.39 is 19.8 Å². The molecule has 0 spiro atoms. The first-order valence-electron chi connectivity index (χ1n) is 12.9. The van der Waals surface area contributed by atoms with E-state index in [1.807, 2.05) is 47.8 Å². The molecule has 0 aliphatic heterocycles. The summed E-state index contributed by atoms with van der Waals surface area (Å²) in [5.41, 5.74) is 7.86. The van der Waals surface area contributed by atoms with Crippen LogP contribution in [-0.4, -0.2) is 65.4 Å². The second-order valence-electron chi connectivity index (χ2n) is 9.97. The molecule has 2 aromatic heterocycles. The Hall–Kier alpha value is -3.67. The van der Waals surface area contributed by atoms with Crippen molar-refractivity contribution in [3.63, 3.8) is 0 Å². The number of ether oxygens (including phenoxy) is 2. The number of nitrogen functional groups attached to an aromatic ring is 1. The molecule has 0 bridgehead atoms. The summed E-state index contributed by atoms with van der Waals surface area (Å²) < 4.78 is 38.0. The van der Waals surface area contributed by atoms with E-state index in [0.29, 0.717) is 29.2 Å². The lowest BCUT2D eigenvalue weighted by Gasteiger charge is -2.24. The van der Waals surface area contributed by atoms with Crippen molar-refractivity contribution in [2.75, 3.05) is 38.4 Å². The van der Waals surface area contributed by atoms with E-state index in [4.69, 9.17) is 24.3 Å². The van der Waals surface area contributed by atoms with Gasteiger partial charge in [0.15, 0.2) is 11.2 Å². The van der Waals surface area contributed by atoms with Gasteiger partial charge in [-0.3, -0.25) is 9.32 Å². The maximum Gasteiger partial charge on any atom is 0.459 e. The van der Waals surface area contributed by atoms with Crippen LogP contribution in [0.1, 0.15) is 33.2 Å². The first-order valence-corrected chi connectivity index (χ1v) is 14.4. The first kappa shape index (κ1) is 29.3. The predicted octanol–water partition coefficient (Wildman–Crippen LogP) is 3.73. The Labute approximate surface area is 233 Å². The number of esters is 1. The summed E-state index contributed by atoms with van der Waals surface area (Å²) in [7, 11) is 1.34. The second-order valence-corrected chi connectivity index (χ2v) is 11.7. The summed E-state index contributed by atoms with van der Waals surface area (Å²) in [6, 6.07) is 6.04. The number of carbonyl (C=O) groups excluding carboxylic acids is 1. The molecule has 0 saturated carbocycles. The summed E-state index contributed by atoms with van der Waals surface area (Å²) in [6.07, 6.45) is 5.94. The lowest BCUT2D eigenvalue weighted by atomic mass is 10.1. The molecule has 1 aromatic carbocycles. The van der Waals surface area contributed by atoms with Crippen LogP contribution >= 0.6 is 7.75 Å². The average Bonchev–Trinajstić information content (AvgIpc) is 3.54. The van der Waals surface area contributed by atoms with Crippen molar-refractivity contribution in [1.29, 1.82) is 0 Å². The first-order chi connectivity index (χ1) is 19.0. The van der Waals surface area contributed by atoms with Crippen molar-refractivity contribution in [3.05, 3.63) is 42.7 Å². The van der Waals surface area contributed by atoms with Crippen molar-refractivity contribution in [3.8, 4) is 11.6 Å². The Morgan fingerprint density at radius 2 is 1.93 bits per heavy atom. The fraction of sp³-hybridized carbons (Fsp3) is 0.462. The van der Waals surface area contributed by atoms with E-state index in [2.05, 4.69) is 20.0 Å². The normalized spacial score (nSPS) is 19.0. The molecule has 1 unspecified atom stereocenters. The highest BCUT2D eigenvalue weighted by Crippen LogP contribution is 2.46. The summed E-state index contributed by atoms with van der Waals surface area (Å²) >= 11 is 0. The zero-order valence-electron chi connectivity index (χ0n) is 23.5. The zero-order chi connectivity index (χ0) is 29.0. The fourth-order valence-corrected chi connectivity index (χ4v) is 5.77. The van der Waals surface area contributed by atoms with Crippen LogP contribution in [0.25, 0.3) is 11.2 Å². The van der Waals surface area contributed by atoms with Gasteiger partial charge in [0.1, 0.15) is 11.8 Å². The minimum atomic E-state index is -3.99. The smallest absolute Gasteiger partial charge is 0.459 e. The molecule has 4 rings (SSSR count). The topological polar surface area (TPSA) is 156 Å². The molecule has 40 heavy (non-hydrogen) atoms. The molecular weight excluding hydrogens is 537 g/mol. The van der Waals surface area contributed by atoms with Gasteiger partial charge < -0.3 is 29.2 Å². The van der Waals surface area contributed by atoms with Gasteiger partial charge in [-0.2, -0.15) is 15.1 Å². The van der Waals surface area contributed by atoms with Gasteiger partial charge in [0.25, 0.3) is 0 Å². The van der Waals surface area contributed by atoms with Gasteiger partial charge in [0.05, 0.1) is 32.2 Å². The number of aromatic nitrogens is 4. The number of hydrogen-bond acceptors (Lipinski definition) is 11. The Balaban J connectivity index is 1.47. The highest BCUT2D eigenvalue weighted by atomic mass is 31.2. The number of hydrogen-bond donors (Lipinski definition) is 2. The highest BCUT2D eigenvalue weighted by Gasteiger charge is 2.34. The van der Waals surface area contributed by atoms with Gasteiger partial charge in [0, 0.05) is 25.7 Å². The van der Waals surface area contributed by atoms with E-state index >= 15 is 0 Å². The van der Waals surface area contributed by atoms with Crippen LogP contribution in [0.2, 0.25) is 0 Å². The fourth-order valence-electron chi connectivity index (χ4n) is 4.23. The Morgan fingerprint density at radius 3 is 2.58 bits per heavy atom. The van der Waals surface area contributed by atoms with E-state index in [9.17, 15) is 9.36 Å². The van der Waals surface area contributed by atoms with Crippen LogP contribution < -0.4 is 25.0 Å². The van der Waals surface area contributed by atoms with Crippen LogP contribution in [-0.2, 0) is 18.6 Å². The molecule has 0 amide bonds. The van der Waals surface area contributed by atoms with Crippen molar-refractivity contribution in [2.45, 2.75) is 45.4 Å². The van der Waals surface area contributed by atoms with Gasteiger partial charge in [-0.05, 0) is 51.5 Å². The summed E-state index contributed by atoms with van der Waals surface area (Å²) in [5.74, 6) is 0.0600. The number of fused-ring (bicyclic) bond motifs is 1. The molecule has 1 aliphatic rings. The lowest BCUT2D eigenvalue weighted by Crippen LogP contribution is -2.36. The summed E-state index contributed by atoms with van der Waals surface area (Å²) in [6.45, 7) is 5.11. The molecule has 3 N–H and O–H groups in total. The number of nitrogens with one attached hydrogen (secondary N) is 1. The Kier molecular flexibility index (Phi) is 8.97. The van der Waals surface area contributed by atoms with Gasteiger partial charge in [-0.25, -0.2) is 9.55 Å². The van der Waals surface area contributed by atoms with Crippen LogP contribution in [0.3, 0.4) is 0 Å². The second kappa shape index (κ2) is 12.2. The molecule has 1 aliphatic carbocycles. The van der Waals surface area contributed by atoms with Gasteiger partial charge in [-0.15, -0.1) is 0 Å². The maximum absolute atomic E-state index is 13.9. The molecule has 4 atom stereocenters. The molecule has 14 heteroatoms. The molecule has 2 heterocycles. The van der Waals surface area contributed by atoms with Crippen LogP contribution in [0, 0.1) is 5.92 Å². The number of nitrogens with two attached hydrogens (primary N) is 1. The number of methoxy groups -OCH3 is 1. The summed E-state index contributed by atoms with van der Waals surface area (Å²) in [4.78, 5) is 27.2. The molecule has 0 radical (unpaired) electrons. The quantitative estimate of drug-likeness (QED) is 0.184. The van der Waals surface area contributed by atoms with Gasteiger partial charge in [-0.1, -0.05) is 12.2 Å². The third-order valence-electron chi connectivity index (χ3n) is 6.20. The van der Waals surface area contributed by atoms with Crippen LogP contribution in [0.4, 0.5) is 11.6 Å². The van der Waals surface area contributed by atoms with E-state index in [1.54, 1.807) is 39.2 Å². The standard InChI is InChI=1S/C26H36N7O6P/c1-16(2)38-25(34)17(3)31-40(35,39-21-11-9-19(10-12-21)32(4)5)37-14-18-7-8-20(13-18)33-15-28-22-23(33)29-26(27)30-24(22)36-6/h7-12,15-18,20H,13-14H2,1-6H3,(H,31,35)(H2,27,29,30)/t17-,18+,20-,40?/m0/s1. The minimum absolute atomic E-state index is 0.0755. The van der Waals surface area contributed by atoms with E-state index in [1.165, 1.54) is 7.11 Å². The Bertz CT molecular complexity index is 1410. The monoisotopic (exact) mass is 573 g/mol. The largest absolute Gasteiger partial charge is 0.479 e. The van der Waals surface area contributed by atoms with Crippen molar-refractivity contribution >= 4 is 36.5 Å². The van der Waals surface area contributed by atoms with Crippen LogP contribution in [0.15, 0.2) is 42.7 Å². The van der Waals surface area contributed by atoms with Crippen molar-refractivity contribution < 1.29 is 27.9 Å².